The van der Waals surface area contributed by atoms with Gasteiger partial charge < -0.3 is 14.4 Å². The lowest BCUT2D eigenvalue weighted by molar-refractivity contribution is 0.405. The van der Waals surface area contributed by atoms with Crippen LogP contribution < -0.4 is 9.47 Å². The molecule has 3 rings (SSSR count). The minimum absolute atomic E-state index is 0.449. The fourth-order valence-electron chi connectivity index (χ4n) is 3.02. The van der Waals surface area contributed by atoms with E-state index in [-0.39, 0.29) is 0 Å². The Morgan fingerprint density at radius 3 is 1.81 bits per heavy atom. The molecule has 0 aromatic heterocycles. The lowest BCUT2D eigenvalue weighted by atomic mass is 10.1. The maximum absolute atomic E-state index is 6.39. The molecule has 0 heterocycles. The van der Waals surface area contributed by atoms with Crippen LogP contribution in [0, 0.1) is 0 Å². The molecular weight excluding hydrogens is 451 g/mol. The maximum atomic E-state index is 6.39. The van der Waals surface area contributed by atoms with Crippen LogP contribution in [0.1, 0.15) is 11.1 Å². The number of methoxy groups -OCH3 is 2. The molecule has 31 heavy (non-hydrogen) atoms. The Labute approximate surface area is 197 Å². The van der Waals surface area contributed by atoms with Gasteiger partial charge >= 0.3 is 0 Å². The van der Waals surface area contributed by atoms with Crippen molar-refractivity contribution in [3.8, 4) is 11.5 Å². The zero-order valence-corrected chi connectivity index (χ0v) is 20.0. The number of hydrogen-bond donors (Lipinski definition) is 0. The van der Waals surface area contributed by atoms with Crippen LogP contribution >= 0.6 is 35.0 Å². The molecule has 0 unspecified atom stereocenters. The normalized spacial score (nSPS) is 11.3. The van der Waals surface area contributed by atoms with Crippen molar-refractivity contribution in [1.29, 1.82) is 0 Å². The Hall–Kier alpha value is -2.34. The number of halogens is 2. The van der Waals surface area contributed by atoms with Crippen LogP contribution in [0.3, 0.4) is 0 Å². The third-order valence-corrected chi connectivity index (χ3v) is 6.19. The smallest absolute Gasteiger partial charge is 0.164 e. The number of nitrogens with zero attached hydrogens (tertiary/aromatic N) is 2. The first-order valence-electron chi connectivity index (χ1n) is 9.61. The molecule has 3 aromatic rings. The summed E-state index contributed by atoms with van der Waals surface area (Å²) < 4.78 is 10.6. The van der Waals surface area contributed by atoms with Crippen molar-refractivity contribution in [1.82, 2.24) is 4.90 Å². The zero-order chi connectivity index (χ0) is 22.2. The molecule has 0 saturated heterocycles. The van der Waals surface area contributed by atoms with Gasteiger partial charge in [-0.1, -0.05) is 65.3 Å². The molecule has 0 saturated carbocycles. The number of benzene rings is 3. The molecule has 0 radical (unpaired) electrons. The monoisotopic (exact) mass is 474 g/mol. The Morgan fingerprint density at radius 1 is 0.839 bits per heavy atom. The molecule has 3 aromatic carbocycles. The van der Waals surface area contributed by atoms with Crippen LogP contribution in [0.15, 0.2) is 71.7 Å². The molecule has 7 heteroatoms. The van der Waals surface area contributed by atoms with E-state index >= 15 is 0 Å². The quantitative estimate of drug-likeness (QED) is 0.271. The van der Waals surface area contributed by atoms with Crippen LogP contribution in [0.25, 0.3) is 0 Å². The van der Waals surface area contributed by atoms with Gasteiger partial charge in [0.2, 0.25) is 0 Å². The summed E-state index contributed by atoms with van der Waals surface area (Å²) in [5, 5.41) is 1.78. The average Bonchev–Trinajstić information content (AvgIpc) is 2.80. The Bertz CT molecular complexity index is 975. The van der Waals surface area contributed by atoms with Gasteiger partial charge in [-0.2, -0.15) is 0 Å². The SMILES string of the molecule is COc1ccc(CN(Cc2ccc(OC)cc2)C(=Nc2cccc(Cl)c2Cl)SC)cc1. The van der Waals surface area contributed by atoms with Crippen LogP contribution in [0.5, 0.6) is 11.5 Å². The summed E-state index contributed by atoms with van der Waals surface area (Å²) in [7, 11) is 3.33. The molecule has 0 aliphatic heterocycles. The van der Waals surface area contributed by atoms with Crippen molar-refractivity contribution in [3.05, 3.63) is 87.9 Å². The number of aliphatic imine (C=N–C) groups is 1. The van der Waals surface area contributed by atoms with E-state index in [2.05, 4.69) is 29.2 Å². The molecule has 0 fully saturated rings. The van der Waals surface area contributed by atoms with Crippen LogP contribution in [0.4, 0.5) is 5.69 Å². The Balaban J connectivity index is 1.94. The molecule has 0 amide bonds. The molecule has 0 N–H and O–H groups in total. The number of rotatable bonds is 7. The Kier molecular flexibility index (Phi) is 8.52. The number of amidine groups is 1. The van der Waals surface area contributed by atoms with E-state index in [1.165, 1.54) is 0 Å². The predicted molar refractivity (Wildman–Crippen MR) is 132 cm³/mol. The highest BCUT2D eigenvalue weighted by Crippen LogP contribution is 2.33. The lowest BCUT2D eigenvalue weighted by Crippen LogP contribution is -2.27. The number of thioether (sulfide) groups is 1. The largest absolute Gasteiger partial charge is 0.497 e. The molecular formula is C24H24Cl2N2O2S. The van der Waals surface area contributed by atoms with E-state index in [9.17, 15) is 0 Å². The lowest BCUT2D eigenvalue weighted by Gasteiger charge is -2.26. The van der Waals surface area contributed by atoms with Crippen molar-refractivity contribution in [2.75, 3.05) is 20.5 Å². The number of ether oxygens (including phenoxy) is 2. The van der Waals surface area contributed by atoms with E-state index in [0.29, 0.717) is 28.8 Å². The highest BCUT2D eigenvalue weighted by Gasteiger charge is 2.15. The fraction of sp³-hybridized carbons (Fsp3) is 0.208. The zero-order valence-electron chi connectivity index (χ0n) is 17.6. The van der Waals surface area contributed by atoms with Crippen LogP contribution in [-0.2, 0) is 13.1 Å². The first-order chi connectivity index (χ1) is 15.0. The first kappa shape index (κ1) is 23.3. The second-order valence-electron chi connectivity index (χ2n) is 6.72. The minimum atomic E-state index is 0.449. The van der Waals surface area contributed by atoms with Crippen molar-refractivity contribution in [2.24, 2.45) is 4.99 Å². The molecule has 0 aliphatic carbocycles. The summed E-state index contributed by atoms with van der Waals surface area (Å²) >= 11 is 14.1. The van der Waals surface area contributed by atoms with Crippen molar-refractivity contribution in [2.45, 2.75) is 13.1 Å². The third kappa shape index (κ3) is 6.33. The van der Waals surface area contributed by atoms with Crippen LogP contribution in [0.2, 0.25) is 10.0 Å². The molecule has 0 spiro atoms. The summed E-state index contributed by atoms with van der Waals surface area (Å²) in [5.41, 5.74) is 2.94. The van der Waals surface area contributed by atoms with Gasteiger partial charge in [-0.15, -0.1) is 0 Å². The molecule has 162 valence electrons. The van der Waals surface area contributed by atoms with Crippen molar-refractivity contribution < 1.29 is 9.47 Å². The highest BCUT2D eigenvalue weighted by atomic mass is 35.5. The molecule has 0 bridgehead atoms. The maximum Gasteiger partial charge on any atom is 0.164 e. The molecule has 4 nitrogen and oxygen atoms in total. The van der Waals surface area contributed by atoms with Gasteiger partial charge in [0.25, 0.3) is 0 Å². The first-order valence-corrected chi connectivity index (χ1v) is 11.6. The summed E-state index contributed by atoms with van der Waals surface area (Å²) in [6.45, 7) is 1.35. The Morgan fingerprint density at radius 2 is 1.35 bits per heavy atom. The summed E-state index contributed by atoms with van der Waals surface area (Å²) in [5.74, 6) is 1.66. The van der Waals surface area contributed by atoms with Gasteiger partial charge in [-0.25, -0.2) is 4.99 Å². The minimum Gasteiger partial charge on any atom is -0.497 e. The second-order valence-corrected chi connectivity index (χ2v) is 8.28. The number of hydrogen-bond acceptors (Lipinski definition) is 4. The van der Waals surface area contributed by atoms with Crippen LogP contribution in [-0.4, -0.2) is 30.5 Å². The van der Waals surface area contributed by atoms with Gasteiger partial charge in [0.1, 0.15) is 11.5 Å². The standard InChI is InChI=1S/C24H24Cl2N2O2S/c1-29-19-11-7-17(8-12-19)15-28(16-18-9-13-20(30-2)14-10-18)24(31-3)27-22-6-4-5-21(25)23(22)26/h4-14H,15-16H2,1-3H3. The second kappa shape index (κ2) is 11.3. The molecule has 0 atom stereocenters. The van der Waals surface area contributed by atoms with E-state index < -0.39 is 0 Å². The fourth-order valence-corrected chi connectivity index (χ4v) is 3.94. The summed E-state index contributed by atoms with van der Waals surface area (Å²) in [6.07, 6.45) is 2.01. The van der Waals surface area contributed by atoms with Crippen molar-refractivity contribution in [3.63, 3.8) is 0 Å². The van der Waals surface area contributed by atoms with Gasteiger partial charge in [0, 0.05) is 13.1 Å². The van der Waals surface area contributed by atoms with Crippen molar-refractivity contribution >= 4 is 45.8 Å². The van der Waals surface area contributed by atoms with Gasteiger partial charge in [0.05, 0.1) is 30.0 Å². The third-order valence-electron chi connectivity index (χ3n) is 4.67. The van der Waals surface area contributed by atoms with Gasteiger partial charge in [0.15, 0.2) is 5.17 Å². The highest BCUT2D eigenvalue weighted by molar-refractivity contribution is 8.13. The van der Waals surface area contributed by atoms with Gasteiger partial charge in [-0.3, -0.25) is 0 Å². The van der Waals surface area contributed by atoms with E-state index in [1.807, 2.05) is 42.7 Å². The van der Waals surface area contributed by atoms with E-state index in [4.69, 9.17) is 37.7 Å². The topological polar surface area (TPSA) is 34.1 Å². The summed E-state index contributed by atoms with van der Waals surface area (Å²) in [6, 6.07) is 21.6. The van der Waals surface area contributed by atoms with Gasteiger partial charge in [-0.05, 0) is 53.8 Å². The molecule has 0 aliphatic rings. The summed E-state index contributed by atoms with van der Waals surface area (Å²) in [4.78, 5) is 7.05. The van der Waals surface area contributed by atoms with E-state index in [1.54, 1.807) is 32.0 Å². The average molecular weight is 475 g/mol. The predicted octanol–water partition coefficient (Wildman–Crippen LogP) is 7.06. The van der Waals surface area contributed by atoms with E-state index in [0.717, 1.165) is 27.8 Å².